The molecule has 5 heteroatoms. The highest BCUT2D eigenvalue weighted by Crippen LogP contribution is 2.21. The van der Waals surface area contributed by atoms with Crippen LogP contribution in [0, 0.1) is 6.92 Å². The third-order valence-corrected chi connectivity index (χ3v) is 2.35. The Hall–Kier alpha value is -2.30. The van der Waals surface area contributed by atoms with Crippen LogP contribution in [0.5, 0.6) is 5.75 Å². The van der Waals surface area contributed by atoms with Crippen LogP contribution < -0.4 is 4.74 Å². The Morgan fingerprint density at radius 3 is 3.12 bits per heavy atom. The van der Waals surface area contributed by atoms with Crippen molar-refractivity contribution in [2.45, 2.75) is 6.92 Å². The van der Waals surface area contributed by atoms with Gasteiger partial charge in [0.05, 0.1) is 5.69 Å². The number of aryl methyl sites for hydroxylation is 1. The molecule has 0 saturated carbocycles. The minimum Gasteiger partial charge on any atom is -0.486 e. The van der Waals surface area contributed by atoms with E-state index in [2.05, 4.69) is 11.6 Å². The molecule has 0 atom stereocenters. The van der Waals surface area contributed by atoms with Gasteiger partial charge < -0.3 is 9.84 Å². The van der Waals surface area contributed by atoms with Crippen molar-refractivity contribution in [2.75, 3.05) is 6.61 Å². The van der Waals surface area contributed by atoms with Gasteiger partial charge in [-0.05, 0) is 19.1 Å². The van der Waals surface area contributed by atoms with Crippen molar-refractivity contribution >= 4 is 11.6 Å². The Bertz CT molecular complexity index is 587. The lowest BCUT2D eigenvalue weighted by Gasteiger charge is -2.04. The minimum atomic E-state index is -1.00. The zero-order chi connectivity index (χ0) is 12.4. The predicted octanol–water partition coefficient (Wildman–Crippen LogP) is 1.91. The summed E-state index contributed by atoms with van der Waals surface area (Å²) in [5, 5.41) is 9.10. The highest BCUT2D eigenvalue weighted by atomic mass is 16.5. The molecule has 0 aliphatic carbocycles. The van der Waals surface area contributed by atoms with E-state index in [9.17, 15) is 4.79 Å². The molecule has 0 saturated heterocycles. The summed E-state index contributed by atoms with van der Waals surface area (Å²) in [7, 11) is 0. The van der Waals surface area contributed by atoms with Crippen LogP contribution in [0.3, 0.4) is 0 Å². The molecule has 5 nitrogen and oxygen atoms in total. The standard InChI is InChI=1S/C12H12N2O3/c1-3-7-17-9-5-4-6-14-10(12(15)16)8(2)13-11(9)14/h3-6H,1,7H2,2H3,(H,15,16). The van der Waals surface area contributed by atoms with Crippen LogP contribution in [-0.2, 0) is 0 Å². The average molecular weight is 232 g/mol. The van der Waals surface area contributed by atoms with Crippen LogP contribution in [0.15, 0.2) is 31.0 Å². The number of hydrogen-bond acceptors (Lipinski definition) is 3. The summed E-state index contributed by atoms with van der Waals surface area (Å²) in [5.74, 6) is -0.459. The molecular weight excluding hydrogens is 220 g/mol. The number of aromatic carboxylic acids is 1. The van der Waals surface area contributed by atoms with Gasteiger partial charge in [0.1, 0.15) is 6.61 Å². The molecule has 0 spiro atoms. The van der Waals surface area contributed by atoms with Gasteiger partial charge in [0.2, 0.25) is 0 Å². The molecule has 0 aliphatic heterocycles. The molecular formula is C12H12N2O3. The topological polar surface area (TPSA) is 63.8 Å². The fourth-order valence-corrected chi connectivity index (χ4v) is 1.68. The molecule has 2 aromatic heterocycles. The van der Waals surface area contributed by atoms with Crippen molar-refractivity contribution < 1.29 is 14.6 Å². The number of hydrogen-bond donors (Lipinski definition) is 1. The molecule has 0 unspecified atom stereocenters. The van der Waals surface area contributed by atoms with Crippen molar-refractivity contribution in [3.63, 3.8) is 0 Å². The van der Waals surface area contributed by atoms with Crippen molar-refractivity contribution in [3.8, 4) is 5.75 Å². The molecule has 0 aliphatic rings. The fourth-order valence-electron chi connectivity index (χ4n) is 1.68. The second kappa shape index (κ2) is 4.29. The summed E-state index contributed by atoms with van der Waals surface area (Å²) in [6.45, 7) is 5.58. The van der Waals surface area contributed by atoms with Gasteiger partial charge in [-0.15, -0.1) is 0 Å². The van der Waals surface area contributed by atoms with Gasteiger partial charge in [0.15, 0.2) is 17.1 Å². The monoisotopic (exact) mass is 232 g/mol. The number of carboxylic acids is 1. The van der Waals surface area contributed by atoms with E-state index in [0.29, 0.717) is 23.7 Å². The Kier molecular flexibility index (Phi) is 2.82. The largest absolute Gasteiger partial charge is 0.486 e. The number of nitrogens with zero attached hydrogens (tertiary/aromatic N) is 2. The van der Waals surface area contributed by atoms with E-state index in [1.165, 1.54) is 4.40 Å². The van der Waals surface area contributed by atoms with Gasteiger partial charge in [-0.3, -0.25) is 4.40 Å². The third-order valence-electron chi connectivity index (χ3n) is 2.35. The molecule has 2 heterocycles. The maximum Gasteiger partial charge on any atom is 0.354 e. The number of rotatable bonds is 4. The summed E-state index contributed by atoms with van der Waals surface area (Å²) in [5.41, 5.74) is 1.13. The quantitative estimate of drug-likeness (QED) is 0.818. The van der Waals surface area contributed by atoms with E-state index >= 15 is 0 Å². The van der Waals surface area contributed by atoms with Gasteiger partial charge in [-0.2, -0.15) is 0 Å². The first kappa shape index (κ1) is 11.2. The molecule has 0 bridgehead atoms. The highest BCUT2D eigenvalue weighted by Gasteiger charge is 2.17. The van der Waals surface area contributed by atoms with Crippen LogP contribution in [-0.4, -0.2) is 27.1 Å². The normalized spacial score (nSPS) is 10.4. The molecule has 1 N–H and O–H groups in total. The number of fused-ring (bicyclic) bond motifs is 1. The molecule has 0 amide bonds. The summed E-state index contributed by atoms with van der Waals surface area (Å²) < 4.78 is 6.93. The highest BCUT2D eigenvalue weighted by molar-refractivity contribution is 5.88. The van der Waals surface area contributed by atoms with Crippen molar-refractivity contribution in [1.82, 2.24) is 9.38 Å². The summed E-state index contributed by atoms with van der Waals surface area (Å²) >= 11 is 0. The molecule has 88 valence electrons. The van der Waals surface area contributed by atoms with Crippen molar-refractivity contribution in [2.24, 2.45) is 0 Å². The first-order chi connectivity index (χ1) is 8.15. The van der Waals surface area contributed by atoms with Crippen molar-refractivity contribution in [3.05, 3.63) is 42.4 Å². The van der Waals surface area contributed by atoms with E-state index in [1.54, 1.807) is 31.3 Å². The Balaban J connectivity index is 2.62. The van der Waals surface area contributed by atoms with E-state index in [-0.39, 0.29) is 5.69 Å². The number of carboxylic acid groups (broad SMARTS) is 1. The molecule has 2 aromatic rings. The smallest absolute Gasteiger partial charge is 0.354 e. The number of imidazole rings is 1. The van der Waals surface area contributed by atoms with Gasteiger partial charge >= 0.3 is 5.97 Å². The lowest BCUT2D eigenvalue weighted by Crippen LogP contribution is -2.04. The fraction of sp³-hybridized carbons (Fsp3) is 0.167. The lowest BCUT2D eigenvalue weighted by molar-refractivity contribution is 0.0688. The molecule has 17 heavy (non-hydrogen) atoms. The van der Waals surface area contributed by atoms with E-state index in [1.807, 2.05) is 0 Å². The average Bonchev–Trinajstić information content (AvgIpc) is 2.62. The molecule has 2 rings (SSSR count). The summed E-state index contributed by atoms with van der Waals surface area (Å²) in [6.07, 6.45) is 3.27. The maximum atomic E-state index is 11.1. The number of ether oxygens (including phenoxy) is 1. The van der Waals surface area contributed by atoms with Crippen LogP contribution in [0.4, 0.5) is 0 Å². The first-order valence-electron chi connectivity index (χ1n) is 5.09. The van der Waals surface area contributed by atoms with Gasteiger partial charge in [-0.1, -0.05) is 12.7 Å². The van der Waals surface area contributed by atoms with Crippen LogP contribution >= 0.6 is 0 Å². The number of carbonyl (C=O) groups is 1. The Labute approximate surface area is 98.0 Å². The second-order valence-corrected chi connectivity index (χ2v) is 3.52. The Morgan fingerprint density at radius 2 is 2.47 bits per heavy atom. The van der Waals surface area contributed by atoms with Crippen LogP contribution in [0.2, 0.25) is 0 Å². The summed E-state index contributed by atoms with van der Waals surface area (Å²) in [4.78, 5) is 15.3. The number of aromatic nitrogens is 2. The third kappa shape index (κ3) is 1.87. The second-order valence-electron chi connectivity index (χ2n) is 3.52. The molecule has 0 radical (unpaired) electrons. The van der Waals surface area contributed by atoms with Crippen molar-refractivity contribution in [1.29, 1.82) is 0 Å². The molecule has 0 aromatic carbocycles. The zero-order valence-corrected chi connectivity index (χ0v) is 9.38. The Morgan fingerprint density at radius 1 is 1.71 bits per heavy atom. The van der Waals surface area contributed by atoms with Crippen LogP contribution in [0.1, 0.15) is 16.2 Å². The number of pyridine rings is 1. The SMILES string of the molecule is C=CCOc1cccn2c(C(=O)O)c(C)nc12. The predicted molar refractivity (Wildman–Crippen MR) is 62.6 cm³/mol. The summed E-state index contributed by atoms with van der Waals surface area (Å²) in [6, 6.07) is 3.47. The minimum absolute atomic E-state index is 0.157. The van der Waals surface area contributed by atoms with Crippen LogP contribution in [0.25, 0.3) is 5.65 Å². The van der Waals surface area contributed by atoms with Gasteiger partial charge in [-0.25, -0.2) is 9.78 Å². The van der Waals surface area contributed by atoms with Gasteiger partial charge in [0.25, 0.3) is 0 Å². The molecule has 0 fully saturated rings. The lowest BCUT2D eigenvalue weighted by atomic mass is 10.3. The zero-order valence-electron chi connectivity index (χ0n) is 9.38. The maximum absolute atomic E-state index is 11.1. The first-order valence-corrected chi connectivity index (χ1v) is 5.09. The van der Waals surface area contributed by atoms with E-state index in [4.69, 9.17) is 9.84 Å². The van der Waals surface area contributed by atoms with E-state index < -0.39 is 5.97 Å². The van der Waals surface area contributed by atoms with E-state index in [0.717, 1.165) is 0 Å². The van der Waals surface area contributed by atoms with Gasteiger partial charge in [0, 0.05) is 6.20 Å².